The van der Waals surface area contributed by atoms with E-state index in [0.717, 1.165) is 6.42 Å². The average Bonchev–Trinajstić information content (AvgIpc) is 3.05. The Hall–Kier alpha value is -3.06. The predicted octanol–water partition coefficient (Wildman–Crippen LogP) is 7.46. The van der Waals surface area contributed by atoms with Crippen molar-refractivity contribution in [2.45, 2.75) is 27.2 Å². The minimum atomic E-state index is 0.598. The van der Waals surface area contributed by atoms with Crippen molar-refractivity contribution in [3.8, 4) is 5.69 Å². The van der Waals surface area contributed by atoms with Gasteiger partial charge in [0.15, 0.2) is 0 Å². The SMILES string of the molecule is CC1=CC=C(c2cccc3c2c2ccccc2n3-c2cccc(C)c2)CC1C. The van der Waals surface area contributed by atoms with Gasteiger partial charge >= 0.3 is 0 Å². The number of fused-ring (bicyclic) bond motifs is 3. The molecular weight excluding hydrogens is 338 g/mol. The van der Waals surface area contributed by atoms with Crippen LogP contribution in [0, 0.1) is 12.8 Å². The summed E-state index contributed by atoms with van der Waals surface area (Å²) in [6.45, 7) is 6.73. The topological polar surface area (TPSA) is 4.93 Å². The third kappa shape index (κ3) is 2.62. The molecular formula is C27H25N. The Morgan fingerprint density at radius 2 is 1.61 bits per heavy atom. The van der Waals surface area contributed by atoms with Crippen molar-refractivity contribution in [3.05, 3.63) is 95.6 Å². The Labute approximate surface area is 166 Å². The van der Waals surface area contributed by atoms with Gasteiger partial charge in [0.2, 0.25) is 0 Å². The first-order valence-electron chi connectivity index (χ1n) is 10.1. The van der Waals surface area contributed by atoms with Crippen molar-refractivity contribution in [1.29, 1.82) is 0 Å². The molecule has 0 saturated carbocycles. The van der Waals surface area contributed by atoms with Crippen LogP contribution in [0.5, 0.6) is 0 Å². The summed E-state index contributed by atoms with van der Waals surface area (Å²) in [6.07, 6.45) is 5.72. The lowest BCUT2D eigenvalue weighted by Gasteiger charge is -2.20. The molecule has 1 aromatic heterocycles. The van der Waals surface area contributed by atoms with Gasteiger partial charge in [-0.2, -0.15) is 0 Å². The van der Waals surface area contributed by atoms with Crippen molar-refractivity contribution in [2.24, 2.45) is 5.92 Å². The lowest BCUT2D eigenvalue weighted by molar-refractivity contribution is 0.698. The maximum Gasteiger partial charge on any atom is 0.0547 e. The Bertz CT molecular complexity index is 1270. The van der Waals surface area contributed by atoms with E-state index in [4.69, 9.17) is 0 Å². The molecule has 4 aromatic rings. The zero-order valence-electron chi connectivity index (χ0n) is 16.7. The number of para-hydroxylation sites is 1. The molecule has 0 saturated heterocycles. The van der Waals surface area contributed by atoms with Crippen LogP contribution in [0.3, 0.4) is 0 Å². The number of benzene rings is 3. The molecule has 28 heavy (non-hydrogen) atoms. The van der Waals surface area contributed by atoms with Crippen LogP contribution in [-0.2, 0) is 0 Å². The Morgan fingerprint density at radius 1 is 0.821 bits per heavy atom. The molecule has 5 rings (SSSR count). The van der Waals surface area contributed by atoms with Gasteiger partial charge in [0.1, 0.15) is 0 Å². The summed E-state index contributed by atoms with van der Waals surface area (Å²) in [5.41, 5.74) is 9.34. The van der Waals surface area contributed by atoms with Crippen molar-refractivity contribution < 1.29 is 0 Å². The van der Waals surface area contributed by atoms with Crippen LogP contribution >= 0.6 is 0 Å². The van der Waals surface area contributed by atoms with Crippen LogP contribution < -0.4 is 0 Å². The van der Waals surface area contributed by atoms with Crippen molar-refractivity contribution in [1.82, 2.24) is 4.57 Å². The van der Waals surface area contributed by atoms with E-state index in [1.807, 2.05) is 0 Å². The van der Waals surface area contributed by atoms with E-state index in [9.17, 15) is 0 Å². The number of aromatic nitrogens is 1. The molecule has 0 radical (unpaired) electrons. The average molecular weight is 364 g/mol. The van der Waals surface area contributed by atoms with Crippen LogP contribution in [0.4, 0.5) is 0 Å². The summed E-state index contributed by atoms with van der Waals surface area (Å²) < 4.78 is 2.41. The third-order valence-electron chi connectivity index (χ3n) is 6.15. The second-order valence-corrected chi connectivity index (χ2v) is 8.10. The highest BCUT2D eigenvalue weighted by molar-refractivity contribution is 6.13. The van der Waals surface area contributed by atoms with Gasteiger partial charge in [0.25, 0.3) is 0 Å². The molecule has 0 aliphatic heterocycles. The Kier molecular flexibility index (Phi) is 3.98. The molecule has 1 aliphatic carbocycles. The van der Waals surface area contributed by atoms with Crippen LogP contribution in [0.2, 0.25) is 0 Å². The highest BCUT2D eigenvalue weighted by Crippen LogP contribution is 2.40. The molecule has 1 nitrogen and oxygen atoms in total. The lowest BCUT2D eigenvalue weighted by Crippen LogP contribution is -2.03. The van der Waals surface area contributed by atoms with Gasteiger partial charge in [-0.05, 0) is 67.2 Å². The van der Waals surface area contributed by atoms with Crippen LogP contribution in [-0.4, -0.2) is 4.57 Å². The summed E-state index contributed by atoms with van der Waals surface area (Å²) in [6, 6.07) is 24.3. The largest absolute Gasteiger partial charge is 0.309 e. The molecule has 138 valence electrons. The van der Waals surface area contributed by atoms with Gasteiger partial charge in [0, 0.05) is 16.5 Å². The Morgan fingerprint density at radius 3 is 2.43 bits per heavy atom. The van der Waals surface area contributed by atoms with Crippen LogP contribution in [0.25, 0.3) is 33.1 Å². The fraction of sp³-hybridized carbons (Fsp3) is 0.185. The number of hydrogen-bond donors (Lipinski definition) is 0. The first kappa shape index (κ1) is 17.1. The highest BCUT2D eigenvalue weighted by Gasteiger charge is 2.19. The molecule has 0 bridgehead atoms. The standard InChI is InChI=1S/C27H25N/c1-18-8-6-9-22(16-18)28-25-12-5-4-10-24(25)27-23(11-7-13-26(27)28)21-15-14-19(2)20(3)17-21/h4-16,20H,17H2,1-3H3. The fourth-order valence-electron chi connectivity index (χ4n) is 4.49. The number of allylic oxidation sites excluding steroid dienone is 4. The van der Waals surface area contributed by atoms with Gasteiger partial charge in [-0.25, -0.2) is 0 Å². The summed E-state index contributed by atoms with van der Waals surface area (Å²) >= 11 is 0. The first-order chi connectivity index (χ1) is 13.6. The monoisotopic (exact) mass is 363 g/mol. The summed E-state index contributed by atoms with van der Waals surface area (Å²) in [5.74, 6) is 0.598. The smallest absolute Gasteiger partial charge is 0.0547 e. The maximum absolute atomic E-state index is 2.41. The van der Waals surface area contributed by atoms with E-state index in [2.05, 4.69) is 104 Å². The summed E-state index contributed by atoms with van der Waals surface area (Å²) in [7, 11) is 0. The predicted molar refractivity (Wildman–Crippen MR) is 121 cm³/mol. The molecule has 1 heterocycles. The van der Waals surface area contributed by atoms with E-state index in [1.54, 1.807) is 0 Å². The third-order valence-corrected chi connectivity index (χ3v) is 6.15. The van der Waals surface area contributed by atoms with Crippen molar-refractivity contribution in [3.63, 3.8) is 0 Å². The van der Waals surface area contributed by atoms with Gasteiger partial charge in [-0.3, -0.25) is 0 Å². The molecule has 3 aromatic carbocycles. The molecule has 1 heteroatoms. The zero-order valence-corrected chi connectivity index (χ0v) is 16.7. The van der Waals surface area contributed by atoms with Gasteiger partial charge in [-0.15, -0.1) is 0 Å². The molecule has 1 aliphatic rings. The normalized spacial score (nSPS) is 17.0. The highest BCUT2D eigenvalue weighted by atomic mass is 15.0. The summed E-state index contributed by atoms with van der Waals surface area (Å²) in [4.78, 5) is 0. The number of hydrogen-bond acceptors (Lipinski definition) is 0. The first-order valence-corrected chi connectivity index (χ1v) is 10.1. The number of nitrogens with zero attached hydrogens (tertiary/aromatic N) is 1. The van der Waals surface area contributed by atoms with Gasteiger partial charge in [0.05, 0.1) is 11.0 Å². The van der Waals surface area contributed by atoms with Crippen molar-refractivity contribution in [2.75, 3.05) is 0 Å². The quantitative estimate of drug-likeness (QED) is 0.348. The second-order valence-electron chi connectivity index (χ2n) is 8.10. The van der Waals surface area contributed by atoms with E-state index < -0.39 is 0 Å². The minimum absolute atomic E-state index is 0.598. The molecule has 0 spiro atoms. The molecule has 0 fully saturated rings. The number of aryl methyl sites for hydroxylation is 1. The maximum atomic E-state index is 2.41. The van der Waals surface area contributed by atoms with Gasteiger partial charge < -0.3 is 4.57 Å². The zero-order chi connectivity index (χ0) is 19.3. The van der Waals surface area contributed by atoms with Crippen LogP contribution in [0.1, 0.15) is 31.4 Å². The van der Waals surface area contributed by atoms with E-state index in [-0.39, 0.29) is 0 Å². The molecule has 0 N–H and O–H groups in total. The summed E-state index contributed by atoms with van der Waals surface area (Å²) in [5, 5.41) is 2.69. The molecule has 1 atom stereocenters. The Balaban J connectivity index is 1.86. The van der Waals surface area contributed by atoms with E-state index in [1.165, 1.54) is 49.8 Å². The van der Waals surface area contributed by atoms with Crippen LogP contribution in [0.15, 0.2) is 84.5 Å². The molecule has 0 amide bonds. The van der Waals surface area contributed by atoms with E-state index >= 15 is 0 Å². The van der Waals surface area contributed by atoms with E-state index in [0.29, 0.717) is 5.92 Å². The minimum Gasteiger partial charge on any atom is -0.309 e. The fourth-order valence-corrected chi connectivity index (χ4v) is 4.49. The van der Waals surface area contributed by atoms with Crippen molar-refractivity contribution >= 4 is 27.4 Å². The lowest BCUT2D eigenvalue weighted by atomic mass is 9.85. The second kappa shape index (κ2) is 6.53. The number of rotatable bonds is 2. The van der Waals surface area contributed by atoms with Gasteiger partial charge in [-0.1, -0.05) is 67.1 Å². The molecule has 1 unspecified atom stereocenters.